The van der Waals surface area contributed by atoms with Crippen molar-refractivity contribution >= 4 is 17.7 Å². The Hall–Kier alpha value is -3.23. The molecule has 114 valence electrons. The molecule has 9 nitrogen and oxygen atoms in total. The summed E-state index contributed by atoms with van der Waals surface area (Å²) in [5.41, 5.74) is -0.926. The zero-order valence-corrected chi connectivity index (χ0v) is 11.5. The number of H-pyrrole nitrogens is 1. The van der Waals surface area contributed by atoms with Crippen molar-refractivity contribution in [2.45, 2.75) is 13.5 Å². The van der Waals surface area contributed by atoms with Crippen LogP contribution in [-0.2, 0) is 11.3 Å². The topological polar surface area (TPSA) is 127 Å². The third-order valence-electron chi connectivity index (χ3n) is 2.69. The Balaban J connectivity index is 2.03. The molecule has 1 aromatic carbocycles. The smallest absolute Gasteiger partial charge is 0.414 e. The molecule has 9 heteroatoms. The number of aromatic amines is 1. The number of benzene rings is 1. The molecule has 2 aromatic rings. The number of nitro groups is 1. The van der Waals surface area contributed by atoms with Crippen LogP contribution in [0.15, 0.2) is 35.1 Å². The standard InChI is InChI=1S/C13H12N4O5/c1-8-10(17(20)21)11(18)15-12(14-8)16-13(19)22-7-9-5-3-2-4-6-9/h2-6H,7H2,1H3,(H2,14,15,16,18,19). The van der Waals surface area contributed by atoms with Crippen LogP contribution in [-0.4, -0.2) is 21.0 Å². The Morgan fingerprint density at radius 3 is 2.68 bits per heavy atom. The minimum absolute atomic E-state index is 0.0445. The molecule has 0 spiro atoms. The van der Waals surface area contributed by atoms with Crippen molar-refractivity contribution in [3.63, 3.8) is 0 Å². The Labute approximate surface area is 124 Å². The second-order valence-corrected chi connectivity index (χ2v) is 4.29. The first-order chi connectivity index (χ1) is 10.5. The number of carbonyl (C=O) groups is 1. The van der Waals surface area contributed by atoms with Crippen LogP contribution in [0.5, 0.6) is 0 Å². The molecule has 0 atom stereocenters. The molecule has 0 saturated heterocycles. The first kappa shape index (κ1) is 15.2. The highest BCUT2D eigenvalue weighted by atomic mass is 16.6. The summed E-state index contributed by atoms with van der Waals surface area (Å²) in [6.45, 7) is 1.34. The van der Waals surface area contributed by atoms with Gasteiger partial charge in [-0.1, -0.05) is 30.3 Å². The maximum absolute atomic E-state index is 11.6. The third-order valence-corrected chi connectivity index (χ3v) is 2.69. The van der Waals surface area contributed by atoms with Gasteiger partial charge in [-0.15, -0.1) is 0 Å². The van der Waals surface area contributed by atoms with Gasteiger partial charge in [-0.05, 0) is 12.5 Å². The fourth-order valence-electron chi connectivity index (χ4n) is 1.71. The van der Waals surface area contributed by atoms with Crippen LogP contribution in [0.3, 0.4) is 0 Å². The molecule has 0 bridgehead atoms. The summed E-state index contributed by atoms with van der Waals surface area (Å²) in [4.78, 5) is 38.8. The fourth-order valence-corrected chi connectivity index (χ4v) is 1.71. The number of carbonyl (C=O) groups excluding carboxylic acids is 1. The molecule has 0 saturated carbocycles. The van der Waals surface area contributed by atoms with E-state index >= 15 is 0 Å². The van der Waals surface area contributed by atoms with Gasteiger partial charge in [-0.2, -0.15) is 0 Å². The zero-order valence-electron chi connectivity index (χ0n) is 11.5. The Morgan fingerprint density at radius 1 is 1.41 bits per heavy atom. The number of aromatic nitrogens is 2. The van der Waals surface area contributed by atoms with E-state index in [0.29, 0.717) is 0 Å². The molecule has 0 aliphatic heterocycles. The van der Waals surface area contributed by atoms with E-state index in [1.54, 1.807) is 24.3 Å². The lowest BCUT2D eigenvalue weighted by atomic mass is 10.2. The van der Waals surface area contributed by atoms with E-state index in [2.05, 4.69) is 15.3 Å². The van der Waals surface area contributed by atoms with Crippen LogP contribution in [0.25, 0.3) is 0 Å². The van der Waals surface area contributed by atoms with Gasteiger partial charge in [0.15, 0.2) is 0 Å². The van der Waals surface area contributed by atoms with E-state index in [4.69, 9.17) is 4.74 Å². The summed E-state index contributed by atoms with van der Waals surface area (Å²) >= 11 is 0. The van der Waals surface area contributed by atoms with E-state index in [-0.39, 0.29) is 18.2 Å². The molecule has 22 heavy (non-hydrogen) atoms. The second-order valence-electron chi connectivity index (χ2n) is 4.29. The van der Waals surface area contributed by atoms with E-state index in [1.807, 2.05) is 6.07 Å². The minimum Gasteiger partial charge on any atom is -0.444 e. The lowest BCUT2D eigenvalue weighted by molar-refractivity contribution is -0.387. The largest absolute Gasteiger partial charge is 0.444 e. The highest BCUT2D eigenvalue weighted by Gasteiger charge is 2.19. The van der Waals surface area contributed by atoms with Crippen LogP contribution < -0.4 is 10.9 Å². The average molecular weight is 304 g/mol. The van der Waals surface area contributed by atoms with Crippen LogP contribution in [0.4, 0.5) is 16.4 Å². The number of ether oxygens (including phenoxy) is 1. The van der Waals surface area contributed by atoms with Crippen molar-refractivity contribution in [2.75, 3.05) is 5.32 Å². The van der Waals surface area contributed by atoms with Gasteiger partial charge in [-0.3, -0.25) is 25.2 Å². The van der Waals surface area contributed by atoms with Gasteiger partial charge in [0.1, 0.15) is 12.3 Å². The number of rotatable bonds is 4. The van der Waals surface area contributed by atoms with Gasteiger partial charge in [0.05, 0.1) is 4.92 Å². The Kier molecular flexibility index (Phi) is 4.47. The number of nitrogens with zero attached hydrogens (tertiary/aromatic N) is 2. The van der Waals surface area contributed by atoms with Crippen LogP contribution in [0.2, 0.25) is 0 Å². The van der Waals surface area contributed by atoms with Crippen molar-refractivity contribution in [3.8, 4) is 0 Å². The van der Waals surface area contributed by atoms with Crippen LogP contribution in [0.1, 0.15) is 11.3 Å². The maximum Gasteiger partial charge on any atom is 0.414 e. The SMILES string of the molecule is Cc1nc(NC(=O)OCc2ccccc2)[nH]c(=O)c1[N+](=O)[O-]. The molecule has 2 N–H and O–H groups in total. The monoisotopic (exact) mass is 304 g/mol. The number of hydrogen-bond donors (Lipinski definition) is 2. The molecule has 0 fully saturated rings. The molecule has 1 aromatic heterocycles. The first-order valence-electron chi connectivity index (χ1n) is 6.20. The van der Waals surface area contributed by atoms with E-state index in [1.165, 1.54) is 6.92 Å². The predicted octanol–water partition coefficient (Wildman–Crippen LogP) is 1.74. The molecule has 1 amide bonds. The summed E-state index contributed by atoms with van der Waals surface area (Å²) in [5, 5.41) is 12.9. The second kappa shape index (κ2) is 6.48. The molecular weight excluding hydrogens is 292 g/mol. The highest BCUT2D eigenvalue weighted by Crippen LogP contribution is 2.10. The normalized spacial score (nSPS) is 10.0. The van der Waals surface area contributed by atoms with Gasteiger partial charge in [0.25, 0.3) is 0 Å². The van der Waals surface area contributed by atoms with E-state index in [9.17, 15) is 19.7 Å². The van der Waals surface area contributed by atoms with Crippen LogP contribution >= 0.6 is 0 Å². The number of hydrogen-bond acceptors (Lipinski definition) is 6. The summed E-state index contributed by atoms with van der Waals surface area (Å²) in [6.07, 6.45) is -0.833. The molecule has 0 radical (unpaired) electrons. The lowest BCUT2D eigenvalue weighted by Gasteiger charge is -2.06. The summed E-state index contributed by atoms with van der Waals surface area (Å²) in [7, 11) is 0. The summed E-state index contributed by atoms with van der Waals surface area (Å²) in [6, 6.07) is 9.00. The van der Waals surface area contributed by atoms with E-state index < -0.39 is 22.3 Å². The third kappa shape index (κ3) is 3.66. The first-order valence-corrected chi connectivity index (χ1v) is 6.20. The molecular formula is C13H12N4O5. The highest BCUT2D eigenvalue weighted by molar-refractivity contribution is 5.82. The summed E-state index contributed by atoms with van der Waals surface area (Å²) < 4.78 is 4.94. The number of aryl methyl sites for hydroxylation is 1. The summed E-state index contributed by atoms with van der Waals surface area (Å²) in [5.74, 6) is -0.217. The van der Waals surface area contributed by atoms with Crippen molar-refractivity contribution in [3.05, 3.63) is 62.1 Å². The van der Waals surface area contributed by atoms with Gasteiger partial charge < -0.3 is 4.74 Å². The van der Waals surface area contributed by atoms with Crippen molar-refractivity contribution < 1.29 is 14.5 Å². The maximum atomic E-state index is 11.6. The lowest BCUT2D eigenvalue weighted by Crippen LogP contribution is -2.21. The Morgan fingerprint density at radius 2 is 2.09 bits per heavy atom. The quantitative estimate of drug-likeness (QED) is 0.654. The van der Waals surface area contributed by atoms with Crippen molar-refractivity contribution in [2.24, 2.45) is 0 Å². The van der Waals surface area contributed by atoms with Crippen molar-refractivity contribution in [1.82, 2.24) is 9.97 Å². The van der Waals surface area contributed by atoms with Gasteiger partial charge in [0, 0.05) is 0 Å². The Bertz CT molecular complexity index is 757. The van der Waals surface area contributed by atoms with Gasteiger partial charge >= 0.3 is 17.3 Å². The number of amides is 1. The molecule has 0 unspecified atom stereocenters. The minimum atomic E-state index is -0.948. The van der Waals surface area contributed by atoms with Crippen LogP contribution in [0, 0.1) is 17.0 Å². The zero-order chi connectivity index (χ0) is 16.1. The number of nitrogens with one attached hydrogen (secondary N) is 2. The fraction of sp³-hybridized carbons (Fsp3) is 0.154. The molecule has 0 aliphatic rings. The van der Waals surface area contributed by atoms with E-state index in [0.717, 1.165) is 5.56 Å². The molecule has 0 aliphatic carbocycles. The van der Waals surface area contributed by atoms with Crippen molar-refractivity contribution in [1.29, 1.82) is 0 Å². The van der Waals surface area contributed by atoms with Gasteiger partial charge in [0.2, 0.25) is 5.95 Å². The van der Waals surface area contributed by atoms with Gasteiger partial charge in [-0.25, -0.2) is 9.78 Å². The number of anilines is 1. The predicted molar refractivity (Wildman–Crippen MR) is 76.5 cm³/mol. The molecule has 1 heterocycles. The molecule has 2 rings (SSSR count). The average Bonchev–Trinajstić information content (AvgIpc) is 2.45.